The zero-order chi connectivity index (χ0) is 26.5. The molecule has 0 fully saturated rings. The summed E-state index contributed by atoms with van der Waals surface area (Å²) in [4.78, 5) is 35.4. The summed E-state index contributed by atoms with van der Waals surface area (Å²) in [6.45, 7) is 8.12. The van der Waals surface area contributed by atoms with Gasteiger partial charge in [0.15, 0.2) is 0 Å². The minimum atomic E-state index is -0.457. The lowest BCUT2D eigenvalue weighted by molar-refractivity contribution is -0.138. The maximum absolute atomic E-state index is 12.3. The number of carbonyl (C=O) groups excluding carboxylic acids is 3. The molecule has 2 aromatic carbocycles. The Morgan fingerprint density at radius 2 is 1.32 bits per heavy atom. The minimum Gasteiger partial charge on any atom is -0.494 e. The van der Waals surface area contributed by atoms with E-state index < -0.39 is 11.9 Å². The van der Waals surface area contributed by atoms with Gasteiger partial charge in [-0.3, -0.25) is 0 Å². The maximum Gasteiger partial charge on any atom is 0.338 e. The second-order valence-corrected chi connectivity index (χ2v) is 9.11. The minimum absolute atomic E-state index is 0.260. The van der Waals surface area contributed by atoms with Gasteiger partial charge in [-0.1, -0.05) is 25.3 Å². The first-order valence-corrected chi connectivity index (χ1v) is 12.8. The third-order valence-corrected chi connectivity index (χ3v) is 6.46. The van der Waals surface area contributed by atoms with Crippen molar-refractivity contribution in [1.29, 1.82) is 0 Å². The van der Waals surface area contributed by atoms with E-state index in [9.17, 15) is 14.4 Å². The summed E-state index contributed by atoms with van der Waals surface area (Å²) in [5, 5.41) is 1.08. The third-order valence-electron chi connectivity index (χ3n) is 5.29. The molecule has 0 atom stereocenters. The Kier molecular flexibility index (Phi) is 10.9. The summed E-state index contributed by atoms with van der Waals surface area (Å²) in [6.07, 6.45) is 4.98. The molecule has 0 saturated heterocycles. The average Bonchev–Trinajstić information content (AvgIpc) is 3.35. The Bertz CT molecular complexity index is 1230. The summed E-state index contributed by atoms with van der Waals surface area (Å²) in [5.74, 6) is -0.461. The molecule has 3 aromatic rings. The van der Waals surface area contributed by atoms with Gasteiger partial charge in [-0.25, -0.2) is 14.4 Å². The number of unbranched alkanes of at least 4 members (excludes halogenated alkanes) is 2. The molecule has 0 saturated carbocycles. The number of hydrogen-bond donors (Lipinski definition) is 0. The van der Waals surface area contributed by atoms with Gasteiger partial charge in [0.05, 0.1) is 32.0 Å². The second-order valence-electron chi connectivity index (χ2n) is 8.03. The molecule has 37 heavy (non-hydrogen) atoms. The molecule has 0 radical (unpaired) electrons. The number of hydrogen-bond acceptors (Lipinski definition) is 8. The SMILES string of the molecule is C=CC(=O)OCCCCOC(=O)c1ccc(-c2cc3cc(OCCCCOC(=O)C=C)ccc3s2)cc1. The quantitative estimate of drug-likeness (QED) is 0.103. The van der Waals surface area contributed by atoms with E-state index in [1.54, 1.807) is 23.5 Å². The zero-order valence-electron chi connectivity index (χ0n) is 20.6. The molecular weight excluding hydrogens is 492 g/mol. The molecule has 0 amide bonds. The maximum atomic E-state index is 12.3. The van der Waals surface area contributed by atoms with Crippen molar-refractivity contribution in [1.82, 2.24) is 0 Å². The smallest absolute Gasteiger partial charge is 0.338 e. The number of carbonyl (C=O) groups is 3. The van der Waals surface area contributed by atoms with Crippen LogP contribution in [-0.4, -0.2) is 44.3 Å². The van der Waals surface area contributed by atoms with Gasteiger partial charge in [-0.2, -0.15) is 0 Å². The van der Waals surface area contributed by atoms with Crippen molar-refractivity contribution < 1.29 is 33.3 Å². The van der Waals surface area contributed by atoms with Gasteiger partial charge in [0.25, 0.3) is 0 Å². The Morgan fingerprint density at radius 1 is 0.730 bits per heavy atom. The Labute approximate surface area is 220 Å². The van der Waals surface area contributed by atoms with Crippen LogP contribution in [0.3, 0.4) is 0 Å². The largest absolute Gasteiger partial charge is 0.494 e. The van der Waals surface area contributed by atoms with Crippen molar-refractivity contribution in [3.05, 3.63) is 79.4 Å². The molecule has 0 unspecified atom stereocenters. The first-order chi connectivity index (χ1) is 18.0. The van der Waals surface area contributed by atoms with Crippen molar-refractivity contribution in [3.63, 3.8) is 0 Å². The fourth-order valence-electron chi connectivity index (χ4n) is 3.33. The van der Waals surface area contributed by atoms with Crippen molar-refractivity contribution in [2.45, 2.75) is 25.7 Å². The second kappa shape index (κ2) is 14.6. The number of fused-ring (bicyclic) bond motifs is 1. The number of benzene rings is 2. The Morgan fingerprint density at radius 3 is 1.95 bits per heavy atom. The van der Waals surface area contributed by atoms with Crippen LogP contribution in [0.25, 0.3) is 20.5 Å². The van der Waals surface area contributed by atoms with Crippen LogP contribution in [0.1, 0.15) is 36.0 Å². The molecule has 1 heterocycles. The number of rotatable bonds is 15. The molecular formula is C29H30O7S. The summed E-state index contributed by atoms with van der Waals surface area (Å²) in [6, 6.07) is 15.4. The Hall–Kier alpha value is -3.91. The lowest BCUT2D eigenvalue weighted by Crippen LogP contribution is -2.08. The van der Waals surface area contributed by atoms with Gasteiger partial charge >= 0.3 is 17.9 Å². The van der Waals surface area contributed by atoms with Crippen LogP contribution in [0.4, 0.5) is 0 Å². The molecule has 0 N–H and O–H groups in total. The topological polar surface area (TPSA) is 88.1 Å². The molecule has 7 nitrogen and oxygen atoms in total. The summed E-state index contributed by atoms with van der Waals surface area (Å²) < 4.78 is 22.1. The van der Waals surface area contributed by atoms with Gasteiger partial charge in [-0.15, -0.1) is 11.3 Å². The molecule has 0 bridgehead atoms. The summed E-state index contributed by atoms with van der Waals surface area (Å²) in [7, 11) is 0. The van der Waals surface area contributed by atoms with Crippen molar-refractivity contribution in [3.8, 4) is 16.2 Å². The van der Waals surface area contributed by atoms with Crippen LogP contribution >= 0.6 is 11.3 Å². The van der Waals surface area contributed by atoms with Crippen LogP contribution in [0.2, 0.25) is 0 Å². The first-order valence-electron chi connectivity index (χ1n) is 12.0. The highest BCUT2D eigenvalue weighted by molar-refractivity contribution is 7.22. The molecule has 0 spiro atoms. The van der Waals surface area contributed by atoms with Crippen LogP contribution in [0, 0.1) is 0 Å². The van der Waals surface area contributed by atoms with Gasteiger partial charge in [-0.05, 0) is 73.0 Å². The van der Waals surface area contributed by atoms with E-state index in [-0.39, 0.29) is 19.2 Å². The molecule has 1 aromatic heterocycles. The van der Waals surface area contributed by atoms with Crippen LogP contribution in [-0.2, 0) is 23.8 Å². The van der Waals surface area contributed by atoms with Gasteiger partial charge in [0.1, 0.15) is 5.75 Å². The molecule has 3 rings (SSSR count). The number of esters is 3. The molecule has 0 aliphatic carbocycles. The number of ether oxygens (including phenoxy) is 4. The standard InChI is InChI=1S/C29H30O7S/c1-3-27(30)34-16-6-5-15-33-24-13-14-25-23(19-24)20-26(37-25)21-9-11-22(12-10-21)29(32)36-18-8-7-17-35-28(31)4-2/h3-4,9-14,19-20H,1-2,5-8,15-18H2. The van der Waals surface area contributed by atoms with E-state index >= 15 is 0 Å². The molecule has 0 aliphatic heterocycles. The fraction of sp³-hybridized carbons (Fsp3) is 0.276. The molecule has 0 aliphatic rings. The normalized spacial score (nSPS) is 10.5. The zero-order valence-corrected chi connectivity index (χ0v) is 21.4. The fourth-order valence-corrected chi connectivity index (χ4v) is 4.38. The summed E-state index contributed by atoms with van der Waals surface area (Å²) in [5.41, 5.74) is 1.50. The number of thiophene rings is 1. The molecule has 194 valence electrons. The average molecular weight is 523 g/mol. The lowest BCUT2D eigenvalue weighted by atomic mass is 10.1. The van der Waals surface area contributed by atoms with E-state index in [2.05, 4.69) is 19.2 Å². The van der Waals surface area contributed by atoms with Gasteiger partial charge in [0, 0.05) is 21.7 Å². The van der Waals surface area contributed by atoms with Crippen LogP contribution in [0.5, 0.6) is 5.75 Å². The van der Waals surface area contributed by atoms with Gasteiger partial charge < -0.3 is 18.9 Å². The molecule has 8 heteroatoms. The van der Waals surface area contributed by atoms with E-state index in [0.717, 1.165) is 51.3 Å². The monoisotopic (exact) mass is 522 g/mol. The predicted molar refractivity (Wildman–Crippen MR) is 144 cm³/mol. The van der Waals surface area contributed by atoms with Crippen molar-refractivity contribution in [2.24, 2.45) is 0 Å². The van der Waals surface area contributed by atoms with Crippen molar-refractivity contribution >= 4 is 39.3 Å². The van der Waals surface area contributed by atoms with Crippen LogP contribution in [0.15, 0.2) is 73.8 Å². The van der Waals surface area contributed by atoms with E-state index in [4.69, 9.17) is 18.9 Å². The highest BCUT2D eigenvalue weighted by atomic mass is 32.1. The summed E-state index contributed by atoms with van der Waals surface area (Å²) >= 11 is 1.67. The predicted octanol–water partition coefficient (Wildman–Crippen LogP) is 6.12. The van der Waals surface area contributed by atoms with E-state index in [0.29, 0.717) is 31.6 Å². The Balaban J connectivity index is 1.46. The van der Waals surface area contributed by atoms with Crippen molar-refractivity contribution in [2.75, 3.05) is 26.4 Å². The first kappa shape index (κ1) is 27.7. The highest BCUT2D eigenvalue weighted by Crippen LogP contribution is 2.35. The lowest BCUT2D eigenvalue weighted by Gasteiger charge is -2.06. The van der Waals surface area contributed by atoms with E-state index in [1.807, 2.05) is 30.3 Å². The highest BCUT2D eigenvalue weighted by Gasteiger charge is 2.10. The van der Waals surface area contributed by atoms with E-state index in [1.165, 1.54) is 0 Å². The third kappa shape index (κ3) is 8.91. The van der Waals surface area contributed by atoms with Crippen LogP contribution < -0.4 is 4.74 Å². The van der Waals surface area contributed by atoms with Gasteiger partial charge in [0.2, 0.25) is 0 Å².